The van der Waals surface area contributed by atoms with Crippen LogP contribution in [0.3, 0.4) is 0 Å². The van der Waals surface area contributed by atoms with Crippen molar-refractivity contribution >= 4 is 17.4 Å². The molecule has 2 N–H and O–H groups in total. The molecule has 1 aromatic heterocycles. The fraction of sp³-hybridized carbons (Fsp3) is 0.240. The van der Waals surface area contributed by atoms with Crippen molar-refractivity contribution in [1.82, 2.24) is 4.98 Å². The number of ether oxygens (including phenoxy) is 3. The molecular formula is C25H24N2O6. The van der Waals surface area contributed by atoms with Crippen molar-refractivity contribution in [3.63, 3.8) is 0 Å². The molecule has 1 unspecified atom stereocenters. The normalized spacial score (nSPS) is 14.9. The molecular weight excluding hydrogens is 424 g/mol. The number of methoxy groups -OCH3 is 3. The van der Waals surface area contributed by atoms with Crippen LogP contribution in [0, 0.1) is 0 Å². The summed E-state index contributed by atoms with van der Waals surface area (Å²) in [7, 11) is 4.59. The van der Waals surface area contributed by atoms with E-state index in [-0.39, 0.29) is 17.3 Å². The molecule has 0 aliphatic heterocycles. The lowest BCUT2D eigenvalue weighted by Gasteiger charge is -2.24. The Kier molecular flexibility index (Phi) is 6.17. The third kappa shape index (κ3) is 4.45. The molecule has 1 amide bonds. The van der Waals surface area contributed by atoms with Gasteiger partial charge in [0.05, 0.1) is 27.0 Å². The van der Waals surface area contributed by atoms with Crippen molar-refractivity contribution in [2.24, 2.45) is 0 Å². The van der Waals surface area contributed by atoms with Crippen LogP contribution in [-0.2, 0) is 6.42 Å². The van der Waals surface area contributed by atoms with Crippen LogP contribution in [-0.4, -0.2) is 38.0 Å². The zero-order valence-electron chi connectivity index (χ0n) is 18.6. The number of hydrogen-bond acceptors (Lipinski definition) is 6. The SMILES string of the molecule is COc1ccc(C2CC(=O)c3cc(C(=O)Nc4ccc(OC)cc4OC)c(=O)[nH]c3C2)cc1. The number of benzene rings is 2. The van der Waals surface area contributed by atoms with Crippen molar-refractivity contribution in [3.8, 4) is 17.2 Å². The summed E-state index contributed by atoms with van der Waals surface area (Å²) < 4.78 is 15.6. The second-order valence-corrected chi connectivity index (χ2v) is 7.73. The highest BCUT2D eigenvalue weighted by Gasteiger charge is 2.29. The Balaban J connectivity index is 1.59. The van der Waals surface area contributed by atoms with Gasteiger partial charge in [-0.15, -0.1) is 0 Å². The Bertz CT molecular complexity index is 1260. The molecule has 8 heteroatoms. The Morgan fingerprint density at radius 3 is 2.27 bits per heavy atom. The number of Topliss-reactive ketones (excluding diaryl/α,β-unsaturated/α-hetero) is 1. The molecule has 0 fully saturated rings. The minimum absolute atomic E-state index is 0.0604. The van der Waals surface area contributed by atoms with Crippen LogP contribution < -0.4 is 25.1 Å². The number of ketones is 1. The quantitative estimate of drug-likeness (QED) is 0.597. The summed E-state index contributed by atoms with van der Waals surface area (Å²) in [5, 5.41) is 2.67. The monoisotopic (exact) mass is 448 g/mol. The highest BCUT2D eigenvalue weighted by atomic mass is 16.5. The molecule has 1 aliphatic rings. The van der Waals surface area contributed by atoms with Gasteiger partial charge in [-0.05, 0) is 48.2 Å². The molecule has 0 bridgehead atoms. The van der Waals surface area contributed by atoms with E-state index in [1.165, 1.54) is 20.3 Å². The molecule has 4 rings (SSSR count). The van der Waals surface area contributed by atoms with Crippen molar-refractivity contribution in [2.45, 2.75) is 18.8 Å². The third-order valence-corrected chi connectivity index (χ3v) is 5.79. The minimum atomic E-state index is -0.632. The lowest BCUT2D eigenvalue weighted by Crippen LogP contribution is -2.29. The van der Waals surface area contributed by atoms with Gasteiger partial charge < -0.3 is 24.5 Å². The molecule has 0 radical (unpaired) electrons. The number of fused-ring (bicyclic) bond motifs is 1. The smallest absolute Gasteiger partial charge is 0.261 e. The van der Waals surface area contributed by atoms with Gasteiger partial charge in [-0.3, -0.25) is 14.4 Å². The van der Waals surface area contributed by atoms with Crippen LogP contribution in [0.4, 0.5) is 5.69 Å². The summed E-state index contributed by atoms with van der Waals surface area (Å²) in [6.07, 6.45) is 0.787. The third-order valence-electron chi connectivity index (χ3n) is 5.79. The Hall–Kier alpha value is -4.07. The average Bonchev–Trinajstić information content (AvgIpc) is 2.83. The summed E-state index contributed by atoms with van der Waals surface area (Å²) in [6.45, 7) is 0. The van der Waals surface area contributed by atoms with Crippen molar-refractivity contribution < 1.29 is 23.8 Å². The molecule has 1 heterocycles. The number of carbonyl (C=O) groups is 2. The number of H-pyrrole nitrogens is 1. The van der Waals surface area contributed by atoms with Gasteiger partial charge in [-0.2, -0.15) is 0 Å². The number of nitrogens with one attached hydrogen (secondary N) is 2. The number of amides is 1. The number of rotatable bonds is 6. The average molecular weight is 448 g/mol. The van der Waals surface area contributed by atoms with Crippen LogP contribution in [0.5, 0.6) is 17.2 Å². The minimum Gasteiger partial charge on any atom is -0.497 e. The van der Waals surface area contributed by atoms with Crippen LogP contribution in [0.2, 0.25) is 0 Å². The van der Waals surface area contributed by atoms with Gasteiger partial charge in [0.2, 0.25) is 0 Å². The van der Waals surface area contributed by atoms with Gasteiger partial charge in [0, 0.05) is 23.7 Å². The van der Waals surface area contributed by atoms with Gasteiger partial charge in [0.15, 0.2) is 5.78 Å². The van der Waals surface area contributed by atoms with E-state index < -0.39 is 11.5 Å². The molecule has 0 saturated heterocycles. The lowest BCUT2D eigenvalue weighted by molar-refractivity contribution is 0.0963. The molecule has 8 nitrogen and oxygen atoms in total. The molecule has 170 valence electrons. The van der Waals surface area contributed by atoms with Gasteiger partial charge >= 0.3 is 0 Å². The Labute approximate surface area is 190 Å². The number of anilines is 1. The highest BCUT2D eigenvalue weighted by Crippen LogP contribution is 2.33. The van der Waals surface area contributed by atoms with E-state index in [2.05, 4.69) is 10.3 Å². The molecule has 0 saturated carbocycles. The molecule has 33 heavy (non-hydrogen) atoms. The second kappa shape index (κ2) is 9.20. The van der Waals surface area contributed by atoms with Crippen LogP contribution in [0.15, 0.2) is 53.3 Å². The zero-order valence-corrected chi connectivity index (χ0v) is 18.6. The van der Waals surface area contributed by atoms with E-state index in [9.17, 15) is 14.4 Å². The van der Waals surface area contributed by atoms with Crippen molar-refractivity contribution in [3.05, 3.63) is 81.3 Å². The number of carbonyl (C=O) groups excluding carboxylic acids is 2. The van der Waals surface area contributed by atoms with E-state index in [1.54, 1.807) is 25.3 Å². The lowest BCUT2D eigenvalue weighted by atomic mass is 9.81. The van der Waals surface area contributed by atoms with E-state index in [0.717, 1.165) is 11.3 Å². The number of aromatic amines is 1. The first-order valence-electron chi connectivity index (χ1n) is 10.4. The van der Waals surface area contributed by atoms with Gasteiger partial charge in [-0.25, -0.2) is 0 Å². The van der Waals surface area contributed by atoms with E-state index in [4.69, 9.17) is 14.2 Å². The van der Waals surface area contributed by atoms with Gasteiger partial charge in [0.1, 0.15) is 22.8 Å². The number of hydrogen-bond donors (Lipinski definition) is 2. The maximum Gasteiger partial charge on any atom is 0.261 e. The first-order valence-corrected chi connectivity index (χ1v) is 10.4. The van der Waals surface area contributed by atoms with Crippen molar-refractivity contribution in [2.75, 3.05) is 26.6 Å². The van der Waals surface area contributed by atoms with Crippen LogP contribution >= 0.6 is 0 Å². The second-order valence-electron chi connectivity index (χ2n) is 7.73. The molecule has 0 spiro atoms. The molecule has 1 atom stereocenters. The van der Waals surface area contributed by atoms with Crippen molar-refractivity contribution in [1.29, 1.82) is 0 Å². The fourth-order valence-corrected chi connectivity index (χ4v) is 4.00. The summed E-state index contributed by atoms with van der Waals surface area (Å²) >= 11 is 0. The van der Waals surface area contributed by atoms with E-state index >= 15 is 0 Å². The number of pyridine rings is 1. The topological polar surface area (TPSA) is 107 Å². The molecule has 1 aliphatic carbocycles. The zero-order chi connectivity index (χ0) is 23.5. The summed E-state index contributed by atoms with van der Waals surface area (Å²) in [4.78, 5) is 41.2. The van der Waals surface area contributed by atoms with Gasteiger partial charge in [0.25, 0.3) is 11.5 Å². The van der Waals surface area contributed by atoms with E-state index in [1.807, 2.05) is 24.3 Å². The van der Waals surface area contributed by atoms with Crippen LogP contribution in [0.1, 0.15) is 44.3 Å². The first kappa shape index (κ1) is 22.1. The summed E-state index contributed by atoms with van der Waals surface area (Å²) in [5.74, 6) is 0.870. The number of aromatic nitrogens is 1. The van der Waals surface area contributed by atoms with Crippen LogP contribution in [0.25, 0.3) is 0 Å². The standard InChI is InChI=1S/C25H24N2O6/c1-31-16-6-4-14(5-7-16)15-10-21-18(22(28)11-15)13-19(25(30)27-21)24(29)26-20-9-8-17(32-2)12-23(20)33-3/h4-9,12-13,15H,10-11H2,1-3H3,(H,26,29)(H,27,30). The Morgan fingerprint density at radius 2 is 1.61 bits per heavy atom. The largest absolute Gasteiger partial charge is 0.497 e. The van der Waals surface area contributed by atoms with Gasteiger partial charge in [-0.1, -0.05) is 12.1 Å². The highest BCUT2D eigenvalue weighted by molar-refractivity contribution is 6.07. The first-order chi connectivity index (χ1) is 15.9. The van der Waals surface area contributed by atoms with E-state index in [0.29, 0.717) is 41.3 Å². The summed E-state index contributed by atoms with van der Waals surface area (Å²) in [6, 6.07) is 13.8. The fourth-order valence-electron chi connectivity index (χ4n) is 4.00. The summed E-state index contributed by atoms with van der Waals surface area (Å²) in [5.41, 5.74) is 1.59. The maximum absolute atomic E-state index is 12.9. The predicted octanol–water partition coefficient (Wildman–Crippen LogP) is 3.57. The molecule has 2 aromatic carbocycles. The maximum atomic E-state index is 12.9. The molecule has 3 aromatic rings. The predicted molar refractivity (Wildman–Crippen MR) is 123 cm³/mol. The Morgan fingerprint density at radius 1 is 0.909 bits per heavy atom.